The van der Waals surface area contributed by atoms with Crippen LogP contribution in [0.25, 0.3) is 0 Å². The minimum Gasteiger partial charge on any atom is -0.378 e. The summed E-state index contributed by atoms with van der Waals surface area (Å²) in [5.74, 6) is 0.873. The third kappa shape index (κ3) is 4.46. The monoisotopic (exact) mass is 260 g/mol. The molecule has 0 spiro atoms. The summed E-state index contributed by atoms with van der Waals surface area (Å²) in [4.78, 5) is 12.2. The molecule has 0 radical (unpaired) electrons. The SMILES string of the molecule is CC(C)Cc1cccc(C(=O)CCC2CCCO2)c1. The molecule has 104 valence electrons. The molecule has 0 saturated carbocycles. The zero-order valence-corrected chi connectivity index (χ0v) is 12.0. The number of ketones is 1. The molecule has 1 aliphatic heterocycles. The Hall–Kier alpha value is -1.15. The van der Waals surface area contributed by atoms with Crippen LogP contribution in [0.3, 0.4) is 0 Å². The molecular weight excluding hydrogens is 236 g/mol. The van der Waals surface area contributed by atoms with Crippen molar-refractivity contribution in [2.45, 2.75) is 52.1 Å². The third-order valence-corrected chi connectivity index (χ3v) is 3.61. The predicted molar refractivity (Wildman–Crippen MR) is 77.5 cm³/mol. The van der Waals surface area contributed by atoms with Gasteiger partial charge in [-0.2, -0.15) is 0 Å². The lowest BCUT2D eigenvalue weighted by Crippen LogP contribution is -2.09. The van der Waals surface area contributed by atoms with E-state index >= 15 is 0 Å². The fourth-order valence-corrected chi connectivity index (χ4v) is 2.65. The minimum absolute atomic E-state index is 0.251. The second-order valence-electron chi connectivity index (χ2n) is 5.90. The number of carbonyl (C=O) groups is 1. The van der Waals surface area contributed by atoms with E-state index in [4.69, 9.17) is 4.74 Å². The standard InChI is InChI=1S/C17H24O2/c1-13(2)11-14-5-3-6-15(12-14)17(18)9-8-16-7-4-10-19-16/h3,5-6,12-13,16H,4,7-11H2,1-2H3. The van der Waals surface area contributed by atoms with Crippen LogP contribution in [0.4, 0.5) is 0 Å². The highest BCUT2D eigenvalue weighted by Gasteiger charge is 2.17. The van der Waals surface area contributed by atoms with Crippen molar-refractivity contribution in [3.05, 3.63) is 35.4 Å². The molecule has 1 aromatic carbocycles. The summed E-state index contributed by atoms with van der Waals surface area (Å²) < 4.78 is 5.56. The van der Waals surface area contributed by atoms with Gasteiger partial charge in [0.1, 0.15) is 0 Å². The van der Waals surface area contributed by atoms with Gasteiger partial charge in [0.05, 0.1) is 6.10 Å². The topological polar surface area (TPSA) is 26.3 Å². The van der Waals surface area contributed by atoms with Crippen molar-refractivity contribution in [1.29, 1.82) is 0 Å². The fraction of sp³-hybridized carbons (Fsp3) is 0.588. The van der Waals surface area contributed by atoms with E-state index in [1.165, 1.54) is 5.56 Å². The predicted octanol–water partition coefficient (Wildman–Crippen LogP) is 4.03. The Kier molecular flexibility index (Phi) is 5.15. The van der Waals surface area contributed by atoms with Gasteiger partial charge in [0.15, 0.2) is 5.78 Å². The number of hydrogen-bond acceptors (Lipinski definition) is 2. The Bertz CT molecular complexity index is 417. The number of ether oxygens (including phenoxy) is 1. The summed E-state index contributed by atoms with van der Waals surface area (Å²) >= 11 is 0. The van der Waals surface area contributed by atoms with Gasteiger partial charge in [0.2, 0.25) is 0 Å². The molecule has 1 aliphatic rings. The summed E-state index contributed by atoms with van der Waals surface area (Å²) in [6.07, 6.45) is 5.07. The molecule has 0 aromatic heterocycles. The van der Waals surface area contributed by atoms with Crippen molar-refractivity contribution < 1.29 is 9.53 Å². The van der Waals surface area contributed by atoms with Crippen LogP contribution in [0.15, 0.2) is 24.3 Å². The molecule has 0 bridgehead atoms. The van der Waals surface area contributed by atoms with Crippen LogP contribution in [0.2, 0.25) is 0 Å². The second kappa shape index (κ2) is 6.85. The van der Waals surface area contributed by atoms with Gasteiger partial charge in [-0.1, -0.05) is 32.0 Å². The summed E-state index contributed by atoms with van der Waals surface area (Å²) in [5, 5.41) is 0. The Labute approximate surface area is 116 Å². The van der Waals surface area contributed by atoms with Crippen molar-refractivity contribution >= 4 is 5.78 Å². The highest BCUT2D eigenvalue weighted by Crippen LogP contribution is 2.19. The molecule has 1 atom stereocenters. The zero-order chi connectivity index (χ0) is 13.7. The minimum atomic E-state index is 0.251. The van der Waals surface area contributed by atoms with Gasteiger partial charge in [-0.25, -0.2) is 0 Å². The van der Waals surface area contributed by atoms with Crippen molar-refractivity contribution in [2.75, 3.05) is 6.61 Å². The smallest absolute Gasteiger partial charge is 0.162 e. The van der Waals surface area contributed by atoms with Gasteiger partial charge in [-0.15, -0.1) is 0 Å². The van der Waals surface area contributed by atoms with Crippen LogP contribution in [-0.2, 0) is 11.2 Å². The van der Waals surface area contributed by atoms with Crippen LogP contribution in [0.1, 0.15) is 55.5 Å². The van der Waals surface area contributed by atoms with E-state index in [1.807, 2.05) is 12.1 Å². The number of hydrogen-bond donors (Lipinski definition) is 0. The quantitative estimate of drug-likeness (QED) is 0.722. The van der Waals surface area contributed by atoms with Gasteiger partial charge < -0.3 is 4.74 Å². The lowest BCUT2D eigenvalue weighted by molar-refractivity contribution is 0.0859. The van der Waals surface area contributed by atoms with Crippen LogP contribution >= 0.6 is 0 Å². The van der Waals surface area contributed by atoms with E-state index in [2.05, 4.69) is 26.0 Å². The van der Waals surface area contributed by atoms with E-state index in [1.54, 1.807) is 0 Å². The normalized spacial score (nSPS) is 19.0. The molecule has 1 aromatic rings. The first-order valence-corrected chi connectivity index (χ1v) is 7.39. The van der Waals surface area contributed by atoms with Crippen molar-refractivity contribution in [1.82, 2.24) is 0 Å². The van der Waals surface area contributed by atoms with Gasteiger partial charge >= 0.3 is 0 Å². The summed E-state index contributed by atoms with van der Waals surface area (Å²) in [7, 11) is 0. The Morgan fingerprint density at radius 2 is 2.26 bits per heavy atom. The highest BCUT2D eigenvalue weighted by molar-refractivity contribution is 5.96. The lowest BCUT2D eigenvalue weighted by atomic mass is 9.97. The van der Waals surface area contributed by atoms with Gasteiger partial charge in [0, 0.05) is 18.6 Å². The Morgan fingerprint density at radius 3 is 2.95 bits per heavy atom. The maximum atomic E-state index is 12.2. The first kappa shape index (κ1) is 14.3. The van der Waals surface area contributed by atoms with E-state index in [9.17, 15) is 4.79 Å². The maximum absolute atomic E-state index is 12.2. The van der Waals surface area contributed by atoms with Crippen LogP contribution in [0.5, 0.6) is 0 Å². The van der Waals surface area contributed by atoms with Crippen molar-refractivity contribution in [2.24, 2.45) is 5.92 Å². The molecule has 1 unspecified atom stereocenters. The molecule has 0 N–H and O–H groups in total. The molecule has 2 nitrogen and oxygen atoms in total. The van der Waals surface area contributed by atoms with Crippen LogP contribution < -0.4 is 0 Å². The van der Waals surface area contributed by atoms with Crippen LogP contribution in [0, 0.1) is 5.92 Å². The van der Waals surface area contributed by atoms with Gasteiger partial charge in [-0.3, -0.25) is 4.79 Å². The molecule has 1 saturated heterocycles. The first-order chi connectivity index (χ1) is 9.15. The van der Waals surface area contributed by atoms with E-state index in [0.717, 1.165) is 37.9 Å². The summed E-state index contributed by atoms with van der Waals surface area (Å²) in [6.45, 7) is 5.26. The van der Waals surface area contributed by atoms with E-state index in [-0.39, 0.29) is 5.78 Å². The second-order valence-corrected chi connectivity index (χ2v) is 5.90. The third-order valence-electron chi connectivity index (χ3n) is 3.61. The molecular formula is C17H24O2. The molecule has 0 aliphatic carbocycles. The fourth-order valence-electron chi connectivity index (χ4n) is 2.65. The summed E-state index contributed by atoms with van der Waals surface area (Å²) in [6, 6.07) is 8.09. The first-order valence-electron chi connectivity index (χ1n) is 7.39. The van der Waals surface area contributed by atoms with E-state index in [0.29, 0.717) is 18.4 Å². The molecule has 1 fully saturated rings. The number of Topliss-reactive ketones (excluding diaryl/α,β-unsaturated/α-hetero) is 1. The molecule has 1 heterocycles. The maximum Gasteiger partial charge on any atom is 0.162 e. The van der Waals surface area contributed by atoms with E-state index < -0.39 is 0 Å². The zero-order valence-electron chi connectivity index (χ0n) is 12.0. The Morgan fingerprint density at radius 1 is 1.42 bits per heavy atom. The largest absolute Gasteiger partial charge is 0.378 e. The van der Waals surface area contributed by atoms with Crippen LogP contribution in [-0.4, -0.2) is 18.5 Å². The average molecular weight is 260 g/mol. The van der Waals surface area contributed by atoms with Gasteiger partial charge in [-0.05, 0) is 43.2 Å². The number of rotatable bonds is 6. The van der Waals surface area contributed by atoms with Crippen molar-refractivity contribution in [3.63, 3.8) is 0 Å². The molecule has 19 heavy (non-hydrogen) atoms. The van der Waals surface area contributed by atoms with Crippen molar-refractivity contribution in [3.8, 4) is 0 Å². The number of benzene rings is 1. The molecule has 0 amide bonds. The lowest BCUT2D eigenvalue weighted by Gasteiger charge is -2.09. The Balaban J connectivity index is 1.90. The molecule has 2 heteroatoms. The molecule has 2 rings (SSSR count). The van der Waals surface area contributed by atoms with Gasteiger partial charge in [0.25, 0.3) is 0 Å². The highest BCUT2D eigenvalue weighted by atomic mass is 16.5. The summed E-state index contributed by atoms with van der Waals surface area (Å²) in [5.41, 5.74) is 2.12. The average Bonchev–Trinajstić information content (AvgIpc) is 2.88. The number of carbonyl (C=O) groups excluding carboxylic acids is 1.